The van der Waals surface area contributed by atoms with Crippen molar-refractivity contribution in [1.29, 1.82) is 0 Å². The number of methoxy groups -OCH3 is 2. The van der Waals surface area contributed by atoms with Gasteiger partial charge in [-0.15, -0.1) is 0 Å². The minimum Gasteiger partial charge on any atom is -0.493 e. The van der Waals surface area contributed by atoms with Crippen LogP contribution < -0.4 is 14.8 Å². The van der Waals surface area contributed by atoms with E-state index in [0.717, 1.165) is 43.5 Å². The van der Waals surface area contributed by atoms with Crippen molar-refractivity contribution in [2.24, 2.45) is 7.05 Å². The van der Waals surface area contributed by atoms with E-state index in [1.165, 1.54) is 5.56 Å². The summed E-state index contributed by atoms with van der Waals surface area (Å²) >= 11 is 0. The lowest BCUT2D eigenvalue weighted by atomic mass is 10.1. The van der Waals surface area contributed by atoms with Crippen LogP contribution in [-0.4, -0.2) is 48.3 Å². The maximum absolute atomic E-state index is 5.41. The molecule has 1 aromatic carbocycles. The van der Waals surface area contributed by atoms with Crippen molar-refractivity contribution in [3.8, 4) is 11.5 Å². The lowest BCUT2D eigenvalue weighted by molar-refractivity contribution is 0.144. The number of imidazole rings is 1. The number of piperazine rings is 1. The van der Waals surface area contributed by atoms with Gasteiger partial charge in [-0.25, -0.2) is 4.98 Å². The Labute approximate surface area is 137 Å². The molecule has 1 aliphatic rings. The van der Waals surface area contributed by atoms with Gasteiger partial charge in [0.25, 0.3) is 0 Å². The summed E-state index contributed by atoms with van der Waals surface area (Å²) in [7, 11) is 5.37. The van der Waals surface area contributed by atoms with Crippen LogP contribution in [0.3, 0.4) is 0 Å². The van der Waals surface area contributed by atoms with E-state index in [9.17, 15) is 0 Å². The molecule has 1 fully saturated rings. The third-order valence-electron chi connectivity index (χ3n) is 4.34. The Morgan fingerprint density at radius 2 is 2.09 bits per heavy atom. The molecule has 1 aromatic heterocycles. The molecule has 1 unspecified atom stereocenters. The van der Waals surface area contributed by atoms with Crippen molar-refractivity contribution in [1.82, 2.24) is 19.8 Å². The number of hydrogen-bond donors (Lipinski definition) is 1. The van der Waals surface area contributed by atoms with Crippen molar-refractivity contribution in [2.75, 3.05) is 33.9 Å². The van der Waals surface area contributed by atoms with Gasteiger partial charge >= 0.3 is 0 Å². The molecule has 6 nitrogen and oxygen atoms in total. The minimum atomic E-state index is 0.275. The fourth-order valence-electron chi connectivity index (χ4n) is 3.10. The second-order valence-electron chi connectivity index (χ2n) is 5.78. The molecule has 0 saturated carbocycles. The average Bonchev–Trinajstić information content (AvgIpc) is 3.01. The molecule has 0 amide bonds. The Hall–Kier alpha value is -2.05. The van der Waals surface area contributed by atoms with Crippen LogP contribution in [0.25, 0.3) is 0 Å². The summed E-state index contributed by atoms with van der Waals surface area (Å²) in [6, 6.07) is 6.39. The van der Waals surface area contributed by atoms with Crippen LogP contribution in [-0.2, 0) is 13.6 Å². The SMILES string of the molecule is COc1ccc(CN2CCNCC2c2nccn2C)cc1OC. The summed E-state index contributed by atoms with van der Waals surface area (Å²) < 4.78 is 12.8. The van der Waals surface area contributed by atoms with Crippen LogP contribution in [0.1, 0.15) is 17.4 Å². The van der Waals surface area contributed by atoms with Gasteiger partial charge < -0.3 is 19.4 Å². The first-order valence-corrected chi connectivity index (χ1v) is 7.86. The molecule has 1 N–H and O–H groups in total. The highest BCUT2D eigenvalue weighted by atomic mass is 16.5. The number of nitrogens with zero attached hydrogens (tertiary/aromatic N) is 3. The highest BCUT2D eigenvalue weighted by Gasteiger charge is 2.26. The van der Waals surface area contributed by atoms with E-state index >= 15 is 0 Å². The normalized spacial score (nSPS) is 18.8. The Balaban J connectivity index is 1.81. The summed E-state index contributed by atoms with van der Waals surface area (Å²) in [5, 5.41) is 3.47. The first-order chi connectivity index (χ1) is 11.2. The molecule has 1 aliphatic heterocycles. The molecule has 0 aliphatic carbocycles. The van der Waals surface area contributed by atoms with Crippen molar-refractivity contribution in [3.63, 3.8) is 0 Å². The number of nitrogens with one attached hydrogen (secondary N) is 1. The lowest BCUT2D eigenvalue weighted by Crippen LogP contribution is -2.46. The topological polar surface area (TPSA) is 51.5 Å². The third-order valence-corrected chi connectivity index (χ3v) is 4.34. The Morgan fingerprint density at radius 3 is 2.78 bits per heavy atom. The molecule has 124 valence electrons. The number of rotatable bonds is 5. The van der Waals surface area contributed by atoms with Gasteiger partial charge in [0.05, 0.1) is 20.3 Å². The summed E-state index contributed by atoms with van der Waals surface area (Å²) in [5.74, 6) is 2.63. The average molecular weight is 316 g/mol. The smallest absolute Gasteiger partial charge is 0.161 e. The zero-order chi connectivity index (χ0) is 16.2. The molecule has 0 bridgehead atoms. The first-order valence-electron chi connectivity index (χ1n) is 7.86. The Morgan fingerprint density at radius 1 is 1.26 bits per heavy atom. The number of ether oxygens (including phenoxy) is 2. The molecule has 6 heteroatoms. The summed E-state index contributed by atoms with van der Waals surface area (Å²) in [6.45, 7) is 3.76. The number of hydrogen-bond acceptors (Lipinski definition) is 5. The predicted octanol–water partition coefficient (Wildman–Crippen LogP) is 1.58. The zero-order valence-electron chi connectivity index (χ0n) is 14.0. The summed E-state index contributed by atoms with van der Waals surface area (Å²) in [5.41, 5.74) is 1.21. The summed E-state index contributed by atoms with van der Waals surface area (Å²) in [6.07, 6.45) is 3.86. The number of aryl methyl sites for hydroxylation is 1. The van der Waals surface area contributed by atoms with Gasteiger partial charge in [0.2, 0.25) is 0 Å². The lowest BCUT2D eigenvalue weighted by Gasteiger charge is -2.35. The monoisotopic (exact) mass is 316 g/mol. The van der Waals surface area contributed by atoms with Crippen molar-refractivity contribution in [2.45, 2.75) is 12.6 Å². The maximum atomic E-state index is 5.41. The van der Waals surface area contributed by atoms with Crippen LogP contribution in [0.5, 0.6) is 11.5 Å². The van der Waals surface area contributed by atoms with E-state index in [1.807, 2.05) is 25.5 Å². The standard InChI is InChI=1S/C17H24N4O2/c1-20-8-7-19-17(20)14-11-18-6-9-21(14)12-13-4-5-15(22-2)16(10-13)23-3/h4-5,7-8,10,14,18H,6,9,11-12H2,1-3H3. The molecule has 23 heavy (non-hydrogen) atoms. The fraction of sp³-hybridized carbons (Fsp3) is 0.471. The predicted molar refractivity (Wildman–Crippen MR) is 88.8 cm³/mol. The van der Waals surface area contributed by atoms with Crippen molar-refractivity contribution >= 4 is 0 Å². The second-order valence-corrected chi connectivity index (χ2v) is 5.78. The van der Waals surface area contributed by atoms with Gasteiger partial charge in [0.1, 0.15) is 5.82 Å². The van der Waals surface area contributed by atoms with E-state index in [1.54, 1.807) is 14.2 Å². The van der Waals surface area contributed by atoms with Gasteiger partial charge in [0.15, 0.2) is 11.5 Å². The van der Waals surface area contributed by atoms with E-state index in [4.69, 9.17) is 9.47 Å². The Kier molecular flexibility index (Phi) is 4.83. The molecule has 2 aromatic rings. The molecule has 1 saturated heterocycles. The fourth-order valence-corrected chi connectivity index (χ4v) is 3.10. The van der Waals surface area contributed by atoms with Crippen molar-refractivity contribution < 1.29 is 9.47 Å². The molecular weight excluding hydrogens is 292 g/mol. The highest BCUT2D eigenvalue weighted by Crippen LogP contribution is 2.29. The number of benzene rings is 1. The zero-order valence-corrected chi connectivity index (χ0v) is 14.0. The van der Waals surface area contributed by atoms with Gasteiger partial charge in [-0.05, 0) is 17.7 Å². The van der Waals surface area contributed by atoms with Gasteiger partial charge in [-0.2, -0.15) is 0 Å². The maximum Gasteiger partial charge on any atom is 0.161 e. The molecule has 2 heterocycles. The second kappa shape index (κ2) is 7.02. The van der Waals surface area contributed by atoms with Gasteiger partial charge in [-0.1, -0.05) is 6.07 Å². The van der Waals surface area contributed by atoms with E-state index in [2.05, 4.69) is 31.9 Å². The minimum absolute atomic E-state index is 0.275. The highest BCUT2D eigenvalue weighted by molar-refractivity contribution is 5.42. The molecular formula is C17H24N4O2. The van der Waals surface area contributed by atoms with Crippen molar-refractivity contribution in [3.05, 3.63) is 42.0 Å². The van der Waals surface area contributed by atoms with E-state index in [-0.39, 0.29) is 6.04 Å². The van der Waals surface area contributed by atoms with Crippen LogP contribution in [0.15, 0.2) is 30.6 Å². The van der Waals surface area contributed by atoms with E-state index < -0.39 is 0 Å². The number of aromatic nitrogens is 2. The van der Waals surface area contributed by atoms with Crippen LogP contribution in [0, 0.1) is 0 Å². The first kappa shape index (κ1) is 15.8. The molecule has 0 spiro atoms. The Bertz CT molecular complexity index is 656. The quantitative estimate of drug-likeness (QED) is 0.908. The molecule has 3 rings (SSSR count). The largest absolute Gasteiger partial charge is 0.493 e. The van der Waals surface area contributed by atoms with Crippen LogP contribution >= 0.6 is 0 Å². The van der Waals surface area contributed by atoms with Gasteiger partial charge in [0, 0.05) is 45.6 Å². The van der Waals surface area contributed by atoms with E-state index in [0.29, 0.717) is 0 Å². The summed E-state index contributed by atoms with van der Waals surface area (Å²) in [4.78, 5) is 6.99. The van der Waals surface area contributed by atoms with Crippen LogP contribution in [0.4, 0.5) is 0 Å². The molecule has 1 atom stereocenters. The van der Waals surface area contributed by atoms with Crippen LogP contribution in [0.2, 0.25) is 0 Å². The third kappa shape index (κ3) is 3.33. The van der Waals surface area contributed by atoms with Gasteiger partial charge in [-0.3, -0.25) is 4.90 Å². The molecule has 0 radical (unpaired) electrons.